The van der Waals surface area contributed by atoms with Crippen LogP contribution in [0.15, 0.2) is 16.6 Å². The quantitative estimate of drug-likeness (QED) is 0.621. The van der Waals surface area contributed by atoms with E-state index in [1.54, 1.807) is 6.07 Å². The van der Waals surface area contributed by atoms with E-state index in [-0.39, 0.29) is 5.82 Å². The van der Waals surface area contributed by atoms with Crippen LogP contribution in [0.5, 0.6) is 0 Å². The van der Waals surface area contributed by atoms with Crippen molar-refractivity contribution in [3.8, 4) is 0 Å². The Hall–Kier alpha value is -0.610. The molecule has 0 aliphatic carbocycles. The van der Waals surface area contributed by atoms with Crippen molar-refractivity contribution in [3.63, 3.8) is 0 Å². The standard InChI is InChI=1S/C16H21BrClFN2/c1-9(2)11(10(3)4)8-21-15-5-12(17)13(19)6-14(15)20-16(21)7-18/h5-6,9-11H,7-8H2,1-4H3. The van der Waals surface area contributed by atoms with Gasteiger partial charge in [0.2, 0.25) is 0 Å². The molecule has 0 fully saturated rings. The molecule has 5 heteroatoms. The number of halogens is 3. The molecule has 0 N–H and O–H groups in total. The van der Waals surface area contributed by atoms with Crippen LogP contribution in [0.3, 0.4) is 0 Å². The molecule has 0 saturated carbocycles. The van der Waals surface area contributed by atoms with Crippen molar-refractivity contribution in [2.45, 2.75) is 40.1 Å². The molecule has 2 aromatic rings. The maximum atomic E-state index is 13.7. The Morgan fingerprint density at radius 1 is 1.24 bits per heavy atom. The molecule has 0 bridgehead atoms. The average molecular weight is 376 g/mol. The second-order valence-electron chi connectivity index (χ2n) is 6.18. The summed E-state index contributed by atoms with van der Waals surface area (Å²) in [6.07, 6.45) is 0. The van der Waals surface area contributed by atoms with Crippen molar-refractivity contribution in [3.05, 3.63) is 28.2 Å². The van der Waals surface area contributed by atoms with E-state index in [0.717, 1.165) is 17.9 Å². The van der Waals surface area contributed by atoms with Gasteiger partial charge in [0, 0.05) is 12.6 Å². The summed E-state index contributed by atoms with van der Waals surface area (Å²) in [7, 11) is 0. The van der Waals surface area contributed by atoms with Crippen LogP contribution in [0, 0.1) is 23.6 Å². The zero-order chi connectivity index (χ0) is 15.7. The molecule has 0 atom stereocenters. The van der Waals surface area contributed by atoms with Gasteiger partial charge in [-0.05, 0) is 39.8 Å². The molecule has 1 aromatic carbocycles. The number of hydrogen-bond donors (Lipinski definition) is 0. The van der Waals surface area contributed by atoms with E-state index in [1.165, 1.54) is 6.07 Å². The molecule has 0 unspecified atom stereocenters. The molecule has 1 aromatic heterocycles. The Bertz CT molecular complexity index is 629. The summed E-state index contributed by atoms with van der Waals surface area (Å²) >= 11 is 9.29. The first-order valence-electron chi connectivity index (χ1n) is 7.25. The smallest absolute Gasteiger partial charge is 0.139 e. The molecule has 0 spiro atoms. The molecule has 21 heavy (non-hydrogen) atoms. The van der Waals surface area contributed by atoms with E-state index in [1.807, 2.05) is 0 Å². The fourth-order valence-electron chi connectivity index (χ4n) is 2.88. The zero-order valence-corrected chi connectivity index (χ0v) is 15.2. The molecule has 0 saturated heterocycles. The van der Waals surface area contributed by atoms with Crippen molar-refractivity contribution < 1.29 is 4.39 Å². The number of benzene rings is 1. The maximum absolute atomic E-state index is 13.7. The van der Waals surface area contributed by atoms with Gasteiger partial charge in [0.25, 0.3) is 0 Å². The van der Waals surface area contributed by atoms with E-state index >= 15 is 0 Å². The summed E-state index contributed by atoms with van der Waals surface area (Å²) in [6.45, 7) is 9.80. The van der Waals surface area contributed by atoms with Crippen LogP contribution in [0.1, 0.15) is 33.5 Å². The maximum Gasteiger partial charge on any atom is 0.139 e. The highest BCUT2D eigenvalue weighted by molar-refractivity contribution is 9.10. The SMILES string of the molecule is CC(C)C(Cn1c(CCl)nc2cc(F)c(Br)cc21)C(C)C. The normalized spacial score (nSPS) is 12.3. The van der Waals surface area contributed by atoms with Gasteiger partial charge in [0.1, 0.15) is 11.6 Å². The van der Waals surface area contributed by atoms with Gasteiger partial charge in [-0.25, -0.2) is 9.37 Å². The van der Waals surface area contributed by atoms with Crippen molar-refractivity contribution in [2.24, 2.45) is 17.8 Å². The number of alkyl halides is 1. The summed E-state index contributed by atoms with van der Waals surface area (Å²) < 4.78 is 16.3. The van der Waals surface area contributed by atoms with Gasteiger partial charge < -0.3 is 4.57 Å². The fraction of sp³-hybridized carbons (Fsp3) is 0.562. The predicted molar refractivity (Wildman–Crippen MR) is 90.1 cm³/mol. The highest BCUT2D eigenvalue weighted by atomic mass is 79.9. The Labute approximate surface area is 138 Å². The predicted octanol–water partition coefficient (Wildman–Crippen LogP) is 5.60. The highest BCUT2D eigenvalue weighted by Crippen LogP contribution is 2.29. The number of rotatable bonds is 5. The van der Waals surface area contributed by atoms with Crippen LogP contribution in [0.25, 0.3) is 11.0 Å². The lowest BCUT2D eigenvalue weighted by Crippen LogP contribution is -2.22. The minimum absolute atomic E-state index is 0.294. The molecule has 1 heterocycles. The lowest BCUT2D eigenvalue weighted by molar-refractivity contribution is 0.252. The summed E-state index contributed by atoms with van der Waals surface area (Å²) in [5, 5.41) is 0. The average Bonchev–Trinajstić information content (AvgIpc) is 2.73. The number of fused-ring (bicyclic) bond motifs is 1. The topological polar surface area (TPSA) is 17.8 Å². The second-order valence-corrected chi connectivity index (χ2v) is 7.30. The van der Waals surface area contributed by atoms with Gasteiger partial charge in [0.05, 0.1) is 21.4 Å². The van der Waals surface area contributed by atoms with E-state index in [0.29, 0.717) is 33.6 Å². The van der Waals surface area contributed by atoms with Gasteiger partial charge in [-0.15, -0.1) is 11.6 Å². The molecule has 0 aliphatic heterocycles. The zero-order valence-electron chi connectivity index (χ0n) is 12.8. The van der Waals surface area contributed by atoms with E-state index < -0.39 is 0 Å². The molecular weight excluding hydrogens is 355 g/mol. The Morgan fingerprint density at radius 2 is 1.86 bits per heavy atom. The number of hydrogen-bond acceptors (Lipinski definition) is 1. The Kier molecular flexibility index (Phi) is 5.31. The minimum atomic E-state index is -0.294. The fourth-order valence-corrected chi connectivity index (χ4v) is 3.41. The van der Waals surface area contributed by atoms with Crippen LogP contribution >= 0.6 is 27.5 Å². The summed E-state index contributed by atoms with van der Waals surface area (Å²) in [5.74, 6) is 2.49. The van der Waals surface area contributed by atoms with Crippen molar-refractivity contribution in [1.82, 2.24) is 9.55 Å². The summed E-state index contributed by atoms with van der Waals surface area (Å²) in [4.78, 5) is 4.48. The lowest BCUT2D eigenvalue weighted by atomic mass is 9.85. The summed E-state index contributed by atoms with van der Waals surface area (Å²) in [6, 6.07) is 3.26. The van der Waals surface area contributed by atoms with E-state index in [2.05, 4.69) is 53.2 Å². The first-order chi connectivity index (χ1) is 9.85. The monoisotopic (exact) mass is 374 g/mol. The van der Waals surface area contributed by atoms with Gasteiger partial charge >= 0.3 is 0 Å². The van der Waals surface area contributed by atoms with E-state index in [9.17, 15) is 4.39 Å². The van der Waals surface area contributed by atoms with Crippen molar-refractivity contribution in [2.75, 3.05) is 0 Å². The van der Waals surface area contributed by atoms with Gasteiger partial charge in [-0.2, -0.15) is 0 Å². The Morgan fingerprint density at radius 3 is 2.38 bits per heavy atom. The number of aromatic nitrogens is 2. The van der Waals surface area contributed by atoms with Crippen LogP contribution < -0.4 is 0 Å². The molecular formula is C16H21BrClFN2. The van der Waals surface area contributed by atoms with Crippen molar-refractivity contribution >= 4 is 38.6 Å². The third-order valence-corrected chi connectivity index (χ3v) is 4.94. The van der Waals surface area contributed by atoms with Gasteiger partial charge in [-0.1, -0.05) is 27.7 Å². The third kappa shape index (κ3) is 3.42. The molecule has 2 rings (SSSR count). The van der Waals surface area contributed by atoms with Crippen LogP contribution in [-0.4, -0.2) is 9.55 Å². The highest BCUT2D eigenvalue weighted by Gasteiger charge is 2.21. The molecule has 0 radical (unpaired) electrons. The van der Waals surface area contributed by atoms with Gasteiger partial charge in [-0.3, -0.25) is 0 Å². The first kappa shape index (κ1) is 16.8. The van der Waals surface area contributed by atoms with Crippen molar-refractivity contribution in [1.29, 1.82) is 0 Å². The van der Waals surface area contributed by atoms with Crippen LogP contribution in [0.4, 0.5) is 4.39 Å². The Balaban J connectivity index is 2.53. The third-order valence-electron chi connectivity index (χ3n) is 4.09. The van der Waals surface area contributed by atoms with Gasteiger partial charge in [0.15, 0.2) is 0 Å². The first-order valence-corrected chi connectivity index (χ1v) is 8.58. The largest absolute Gasteiger partial charge is 0.327 e. The second kappa shape index (κ2) is 6.66. The number of imidazole rings is 1. The molecule has 2 nitrogen and oxygen atoms in total. The minimum Gasteiger partial charge on any atom is -0.327 e. The lowest BCUT2D eigenvalue weighted by Gasteiger charge is -2.26. The molecule has 116 valence electrons. The van der Waals surface area contributed by atoms with Crippen LogP contribution in [0.2, 0.25) is 0 Å². The molecule has 0 aliphatic rings. The molecule has 0 amide bonds. The van der Waals surface area contributed by atoms with Crippen LogP contribution in [-0.2, 0) is 12.4 Å². The number of nitrogens with zero attached hydrogens (tertiary/aromatic N) is 2. The summed E-state index contributed by atoms with van der Waals surface area (Å²) in [5.41, 5.74) is 1.60. The van der Waals surface area contributed by atoms with E-state index in [4.69, 9.17) is 11.6 Å².